The predicted octanol–water partition coefficient (Wildman–Crippen LogP) is 2.48. The number of nitrogens with one attached hydrogen (secondary N) is 3. The van der Waals surface area contributed by atoms with Gasteiger partial charge in [-0.2, -0.15) is 5.48 Å². The Morgan fingerprint density at radius 1 is 0.879 bits per heavy atom. The first-order valence-electron chi connectivity index (χ1n) is 14.1. The van der Waals surface area contributed by atoms with E-state index in [1.54, 1.807) is 0 Å². The second kappa shape index (κ2) is 11.8. The Kier molecular flexibility index (Phi) is 8.58. The molecule has 3 unspecified atom stereocenters. The quantitative estimate of drug-likeness (QED) is 0.565. The van der Waals surface area contributed by atoms with Crippen molar-refractivity contribution in [2.24, 2.45) is 17.8 Å². The SMILES string of the molecule is O=C(C[C@@H]1CCNC[C@H]1CC1CC(C2CCCCC2)ON1)N1CCN(C2CCCCN2)CC1. The molecule has 0 aromatic heterocycles. The standard InChI is InChI=1S/C26H47N5O2/c32-26(31-14-12-30(13-15-31)25-8-4-5-10-28-25)17-21-9-11-27-19-22(21)16-23-18-24(33-29-23)20-6-2-1-3-7-20/h20-25,27-29H,1-19H2/t21-,22+,23?,24?,25?/m0/s1. The molecule has 0 aromatic rings. The number of piperazine rings is 1. The number of carbonyl (C=O) groups is 1. The van der Waals surface area contributed by atoms with Gasteiger partial charge in [0.2, 0.25) is 5.91 Å². The molecule has 1 saturated carbocycles. The van der Waals surface area contributed by atoms with Gasteiger partial charge in [0.15, 0.2) is 0 Å². The molecule has 188 valence electrons. The van der Waals surface area contributed by atoms with Gasteiger partial charge in [-0.25, -0.2) is 0 Å². The largest absolute Gasteiger partial charge is 0.340 e. The summed E-state index contributed by atoms with van der Waals surface area (Å²) in [5, 5.41) is 7.26. The van der Waals surface area contributed by atoms with Crippen LogP contribution >= 0.6 is 0 Å². The molecule has 0 aromatic carbocycles. The highest BCUT2D eigenvalue weighted by Gasteiger charge is 2.37. The molecule has 0 spiro atoms. The molecule has 5 aliphatic rings. The van der Waals surface area contributed by atoms with Crippen molar-refractivity contribution in [3.05, 3.63) is 0 Å². The monoisotopic (exact) mass is 461 g/mol. The minimum absolute atomic E-state index is 0.388. The summed E-state index contributed by atoms with van der Waals surface area (Å²) in [4.78, 5) is 24.0. The van der Waals surface area contributed by atoms with Gasteiger partial charge in [-0.3, -0.25) is 14.5 Å². The number of nitrogens with zero attached hydrogens (tertiary/aromatic N) is 2. The van der Waals surface area contributed by atoms with E-state index in [1.165, 1.54) is 51.4 Å². The molecule has 7 nitrogen and oxygen atoms in total. The van der Waals surface area contributed by atoms with E-state index in [4.69, 9.17) is 4.84 Å². The minimum Gasteiger partial charge on any atom is -0.340 e. The third-order valence-corrected chi connectivity index (χ3v) is 9.26. The maximum atomic E-state index is 13.2. The average Bonchev–Trinajstić information content (AvgIpc) is 3.35. The fraction of sp³-hybridized carbons (Fsp3) is 0.962. The summed E-state index contributed by atoms with van der Waals surface area (Å²) in [6, 6.07) is 0.450. The average molecular weight is 462 g/mol. The van der Waals surface area contributed by atoms with Crippen LogP contribution in [0.4, 0.5) is 0 Å². The molecule has 3 N–H and O–H groups in total. The van der Waals surface area contributed by atoms with Gasteiger partial charge >= 0.3 is 0 Å². The molecule has 1 aliphatic carbocycles. The van der Waals surface area contributed by atoms with Crippen LogP contribution in [-0.2, 0) is 9.63 Å². The molecule has 5 fully saturated rings. The van der Waals surface area contributed by atoms with E-state index in [2.05, 4.69) is 25.9 Å². The van der Waals surface area contributed by atoms with E-state index in [0.717, 1.165) is 77.4 Å². The van der Waals surface area contributed by atoms with Crippen molar-refractivity contribution in [3.63, 3.8) is 0 Å². The van der Waals surface area contributed by atoms with E-state index < -0.39 is 0 Å². The Morgan fingerprint density at radius 2 is 1.70 bits per heavy atom. The Bertz CT molecular complexity index is 614. The number of hydroxylamine groups is 1. The van der Waals surface area contributed by atoms with E-state index >= 15 is 0 Å². The molecule has 0 radical (unpaired) electrons. The molecule has 5 rings (SSSR count). The molecule has 33 heavy (non-hydrogen) atoms. The van der Waals surface area contributed by atoms with Gasteiger partial charge in [-0.15, -0.1) is 0 Å². The summed E-state index contributed by atoms with van der Waals surface area (Å²) in [5.41, 5.74) is 3.39. The Balaban J connectivity index is 1.07. The van der Waals surface area contributed by atoms with Crippen LogP contribution in [-0.4, -0.2) is 79.8 Å². The molecule has 4 heterocycles. The lowest BCUT2D eigenvalue weighted by Gasteiger charge is -2.42. The fourth-order valence-electron chi connectivity index (χ4n) is 7.17. The number of carbonyl (C=O) groups excluding carboxylic acids is 1. The zero-order chi connectivity index (χ0) is 22.5. The van der Waals surface area contributed by atoms with Crippen molar-refractivity contribution >= 4 is 5.91 Å². The van der Waals surface area contributed by atoms with Crippen LogP contribution in [0.1, 0.15) is 77.0 Å². The summed E-state index contributed by atoms with van der Waals surface area (Å²) < 4.78 is 0. The van der Waals surface area contributed by atoms with Gasteiger partial charge in [0.1, 0.15) is 0 Å². The molecule has 4 aliphatic heterocycles. The zero-order valence-corrected chi connectivity index (χ0v) is 20.6. The van der Waals surface area contributed by atoms with Gasteiger partial charge in [-0.05, 0) is 88.8 Å². The third-order valence-electron chi connectivity index (χ3n) is 9.26. The lowest BCUT2D eigenvalue weighted by Crippen LogP contribution is -2.57. The summed E-state index contributed by atoms with van der Waals surface area (Å²) in [6.07, 6.45) is 15.8. The van der Waals surface area contributed by atoms with Crippen LogP contribution in [0.5, 0.6) is 0 Å². The number of amides is 1. The van der Waals surface area contributed by atoms with Crippen molar-refractivity contribution in [2.45, 2.75) is 95.4 Å². The van der Waals surface area contributed by atoms with E-state index in [1.807, 2.05) is 0 Å². The highest BCUT2D eigenvalue weighted by Crippen LogP contribution is 2.35. The zero-order valence-electron chi connectivity index (χ0n) is 20.6. The van der Waals surface area contributed by atoms with Crippen LogP contribution in [0.2, 0.25) is 0 Å². The van der Waals surface area contributed by atoms with Crippen LogP contribution in [0.25, 0.3) is 0 Å². The maximum absolute atomic E-state index is 13.2. The number of piperidine rings is 2. The van der Waals surface area contributed by atoms with Crippen LogP contribution in [0.15, 0.2) is 0 Å². The molecular weight excluding hydrogens is 414 g/mol. The van der Waals surface area contributed by atoms with Crippen molar-refractivity contribution < 1.29 is 9.63 Å². The first-order chi connectivity index (χ1) is 16.3. The second-order valence-corrected chi connectivity index (χ2v) is 11.4. The topological polar surface area (TPSA) is 68.9 Å². The third kappa shape index (κ3) is 6.29. The molecule has 7 heteroatoms. The number of hydrogen-bond acceptors (Lipinski definition) is 6. The fourth-order valence-corrected chi connectivity index (χ4v) is 7.17. The van der Waals surface area contributed by atoms with Gasteiger partial charge in [0, 0.05) is 38.6 Å². The highest BCUT2D eigenvalue weighted by molar-refractivity contribution is 5.76. The normalized spacial score (nSPS) is 37.3. The van der Waals surface area contributed by atoms with E-state index in [9.17, 15) is 4.79 Å². The Labute approximate surface area is 200 Å². The minimum atomic E-state index is 0.388. The number of rotatable bonds is 6. The summed E-state index contributed by atoms with van der Waals surface area (Å²) >= 11 is 0. The molecule has 5 atom stereocenters. The molecule has 1 amide bonds. The van der Waals surface area contributed by atoms with Gasteiger partial charge in [0.05, 0.1) is 12.3 Å². The maximum Gasteiger partial charge on any atom is 0.222 e. The smallest absolute Gasteiger partial charge is 0.222 e. The summed E-state index contributed by atoms with van der Waals surface area (Å²) in [6.45, 7) is 7.07. The Hall–Kier alpha value is -0.730. The van der Waals surface area contributed by atoms with Gasteiger partial charge in [0.25, 0.3) is 0 Å². The van der Waals surface area contributed by atoms with Crippen LogP contribution in [0, 0.1) is 17.8 Å². The van der Waals surface area contributed by atoms with Crippen molar-refractivity contribution in [3.8, 4) is 0 Å². The summed E-state index contributed by atoms with van der Waals surface area (Å²) in [5.74, 6) is 2.22. The first kappa shape index (κ1) is 24.0. The van der Waals surface area contributed by atoms with Crippen LogP contribution < -0.4 is 16.1 Å². The first-order valence-corrected chi connectivity index (χ1v) is 14.1. The van der Waals surface area contributed by atoms with Crippen molar-refractivity contribution in [1.82, 2.24) is 25.9 Å². The molecular formula is C26H47N5O2. The highest BCUT2D eigenvalue weighted by atomic mass is 16.7. The van der Waals surface area contributed by atoms with Crippen molar-refractivity contribution in [2.75, 3.05) is 45.8 Å². The number of hydrogen-bond donors (Lipinski definition) is 3. The van der Waals surface area contributed by atoms with Gasteiger partial charge < -0.3 is 15.5 Å². The predicted molar refractivity (Wildman–Crippen MR) is 130 cm³/mol. The van der Waals surface area contributed by atoms with E-state index in [-0.39, 0.29) is 0 Å². The molecule has 0 bridgehead atoms. The molecule has 4 saturated heterocycles. The Morgan fingerprint density at radius 3 is 2.48 bits per heavy atom. The summed E-state index contributed by atoms with van der Waals surface area (Å²) in [7, 11) is 0. The lowest BCUT2D eigenvalue weighted by atomic mass is 9.78. The van der Waals surface area contributed by atoms with Crippen LogP contribution in [0.3, 0.4) is 0 Å². The van der Waals surface area contributed by atoms with E-state index in [0.29, 0.717) is 36.1 Å². The lowest BCUT2D eigenvalue weighted by molar-refractivity contribution is -0.135. The van der Waals surface area contributed by atoms with Gasteiger partial charge in [-0.1, -0.05) is 19.3 Å². The van der Waals surface area contributed by atoms with Crippen molar-refractivity contribution in [1.29, 1.82) is 0 Å². The second-order valence-electron chi connectivity index (χ2n) is 11.4.